The fourth-order valence-corrected chi connectivity index (χ4v) is 2.25. The average Bonchev–Trinajstić information content (AvgIpc) is 2.38. The summed E-state index contributed by atoms with van der Waals surface area (Å²) in [6.07, 6.45) is -4.87. The highest BCUT2D eigenvalue weighted by Gasteiger charge is 2.44. The number of carboxylic acids is 1. The predicted octanol–water partition coefficient (Wildman–Crippen LogP) is -1.24. The average molecular weight is 285 g/mol. The fourth-order valence-electron chi connectivity index (χ4n) is 2.25. The maximum atomic E-state index is 11.3. The van der Waals surface area contributed by atoms with Gasteiger partial charge in [-0.2, -0.15) is 13.2 Å². The van der Waals surface area contributed by atoms with Crippen LogP contribution in [-0.2, 0) is 9.59 Å². The molecule has 1 unspecified atom stereocenters. The number of carboxylic acid groups (broad SMARTS) is 1. The molecule has 1 aliphatic heterocycles. The van der Waals surface area contributed by atoms with Crippen molar-refractivity contribution in [1.82, 2.24) is 4.90 Å². The minimum absolute atomic E-state index is 0. The number of amides is 1. The number of nitrogens with zero attached hydrogens (tertiary/aromatic N) is 1. The summed E-state index contributed by atoms with van der Waals surface area (Å²) in [6.45, 7) is 7.17. The number of aliphatic carboxylic acids is 1. The number of carbonyl (C=O) groups is 2. The molecule has 1 rings (SSSR count). The number of hydrogen-bond donors (Lipinski definition) is 1. The van der Waals surface area contributed by atoms with Gasteiger partial charge in [0.1, 0.15) is 5.97 Å². The van der Waals surface area contributed by atoms with Crippen molar-refractivity contribution in [2.75, 3.05) is 20.6 Å². The monoisotopic (exact) mass is 285 g/mol. The van der Waals surface area contributed by atoms with Crippen LogP contribution in [0.5, 0.6) is 0 Å². The van der Waals surface area contributed by atoms with Crippen molar-refractivity contribution >= 4 is 11.9 Å². The predicted molar refractivity (Wildman–Crippen MR) is 59.9 cm³/mol. The lowest BCUT2D eigenvalue weighted by Gasteiger charge is -2.32. The van der Waals surface area contributed by atoms with Gasteiger partial charge < -0.3 is 14.8 Å². The minimum Gasteiger partial charge on any atom is -0.542 e. The minimum atomic E-state index is -5.19. The number of halogens is 3. The molecule has 8 heteroatoms. The van der Waals surface area contributed by atoms with Crippen LogP contribution in [0.15, 0.2) is 0 Å². The molecule has 0 aliphatic carbocycles. The van der Waals surface area contributed by atoms with Gasteiger partial charge in [-0.1, -0.05) is 20.8 Å². The summed E-state index contributed by atoms with van der Waals surface area (Å²) in [7, 11) is 3.98. The molecule has 19 heavy (non-hydrogen) atoms. The Bertz CT molecular complexity index is 356. The molecule has 1 amide bonds. The highest BCUT2D eigenvalue weighted by atomic mass is 19.4. The van der Waals surface area contributed by atoms with Gasteiger partial charge in [-0.15, -0.1) is 0 Å². The summed E-state index contributed by atoms with van der Waals surface area (Å²) in [5, 5.41) is 8.78. The zero-order valence-electron chi connectivity index (χ0n) is 12.6. The Labute approximate surface area is 111 Å². The first-order valence-corrected chi connectivity index (χ1v) is 5.64. The molecule has 1 N–H and O–H groups in total. The van der Waals surface area contributed by atoms with Crippen LogP contribution in [0.4, 0.5) is 13.2 Å². The van der Waals surface area contributed by atoms with Crippen LogP contribution in [0.3, 0.4) is 0 Å². The van der Waals surface area contributed by atoms with Gasteiger partial charge in [-0.25, -0.2) is 0 Å². The number of carbonyl (C=O) groups excluding carboxylic acids is 2. The van der Waals surface area contributed by atoms with Crippen molar-refractivity contribution in [3.8, 4) is 0 Å². The molecule has 113 valence electrons. The maximum Gasteiger partial charge on any atom is 0.430 e. The maximum absolute atomic E-state index is 11.3. The highest BCUT2D eigenvalue weighted by Crippen LogP contribution is 2.21. The highest BCUT2D eigenvalue weighted by molar-refractivity contribution is 5.78. The Hall–Kier alpha value is -1.31. The van der Waals surface area contributed by atoms with E-state index in [2.05, 4.69) is 27.8 Å². The summed E-state index contributed by atoms with van der Waals surface area (Å²) in [5.41, 5.74) is 0.172. The van der Waals surface area contributed by atoms with E-state index in [1.807, 2.05) is 11.9 Å². The summed E-state index contributed by atoms with van der Waals surface area (Å²) >= 11 is 0. The van der Waals surface area contributed by atoms with Crippen LogP contribution in [-0.4, -0.2) is 49.8 Å². The molecular weight excluding hydrogens is 265 g/mol. The van der Waals surface area contributed by atoms with Crippen LogP contribution < -0.4 is 10.0 Å². The molecule has 1 heterocycles. The third kappa shape index (κ3) is 5.06. The second-order valence-electron chi connectivity index (χ2n) is 5.58. The molecule has 1 radical (unpaired) electrons. The fraction of sp³-hybridized carbons (Fsp3) is 0.818. The molecule has 0 saturated carbocycles. The van der Waals surface area contributed by atoms with Gasteiger partial charge in [0.25, 0.3) is 5.91 Å². The van der Waals surface area contributed by atoms with E-state index in [1.165, 1.54) is 4.90 Å². The van der Waals surface area contributed by atoms with Crippen LogP contribution in [0.1, 0.15) is 22.2 Å². The van der Waals surface area contributed by atoms with E-state index in [0.717, 1.165) is 0 Å². The van der Waals surface area contributed by atoms with Gasteiger partial charge in [0, 0.05) is 13.9 Å². The summed E-state index contributed by atoms with van der Waals surface area (Å²) in [4.78, 5) is 23.3. The topological polar surface area (TPSA) is 64.9 Å². The van der Waals surface area contributed by atoms with Gasteiger partial charge >= 0.3 is 6.18 Å². The second-order valence-corrected chi connectivity index (χ2v) is 5.58. The van der Waals surface area contributed by atoms with Crippen LogP contribution in [0.25, 0.3) is 0 Å². The van der Waals surface area contributed by atoms with Gasteiger partial charge in [0.2, 0.25) is 0 Å². The van der Waals surface area contributed by atoms with E-state index < -0.39 is 12.1 Å². The molecule has 1 saturated heterocycles. The standard InChI is InChI=1S/C9H18N2O.C2HF3O2.H/c1-9(2,3)8-10(4)6-7(12)11(8)5;3-2(4,5)1(6)7;/h8H,6H2,1-5H3;(H,6,7);/t8-;;/m0../s1. The largest absolute Gasteiger partial charge is 0.542 e. The van der Waals surface area contributed by atoms with E-state index in [9.17, 15) is 18.0 Å². The van der Waals surface area contributed by atoms with Gasteiger partial charge in [0.05, 0.1) is 7.05 Å². The first-order valence-electron chi connectivity index (χ1n) is 5.64. The van der Waals surface area contributed by atoms with Crippen molar-refractivity contribution in [2.24, 2.45) is 5.41 Å². The van der Waals surface area contributed by atoms with Crippen molar-refractivity contribution in [3.63, 3.8) is 0 Å². The Morgan fingerprint density at radius 3 is 1.89 bits per heavy atom. The summed E-state index contributed by atoms with van der Waals surface area (Å²) in [5.74, 6) is -2.75. The van der Waals surface area contributed by atoms with Crippen LogP contribution >= 0.6 is 0 Å². The smallest absolute Gasteiger partial charge is 0.430 e. The third-order valence-electron chi connectivity index (χ3n) is 2.73. The number of nitrogens with one attached hydrogen (secondary N) is 1. The number of likely N-dealkylation sites (N-methyl/N-ethyl adjacent to an activating group) is 2. The molecule has 0 bridgehead atoms. The number of alkyl halides is 3. The SMILES string of the molecule is CN1C(=O)C[NH+](C)[C@@H]1C(C)(C)C.O=C([O-])C(F)(F)F.[H]. The zero-order valence-corrected chi connectivity index (χ0v) is 11.6. The van der Waals surface area contributed by atoms with Crippen molar-refractivity contribution in [3.05, 3.63) is 0 Å². The number of hydrogen-bond acceptors (Lipinski definition) is 3. The molecule has 0 spiro atoms. The Kier molecular flexibility index (Phi) is 5.37. The molecular formula is C11H20F3N2O3. The van der Waals surface area contributed by atoms with Gasteiger partial charge in [-0.3, -0.25) is 9.69 Å². The molecule has 0 aromatic carbocycles. The lowest BCUT2D eigenvalue weighted by molar-refractivity contribution is -0.904. The molecule has 2 atom stereocenters. The van der Waals surface area contributed by atoms with Crippen molar-refractivity contribution in [1.29, 1.82) is 0 Å². The number of rotatable bonds is 0. The molecule has 5 nitrogen and oxygen atoms in total. The summed E-state index contributed by atoms with van der Waals surface area (Å²) in [6, 6.07) is 0. The summed E-state index contributed by atoms with van der Waals surface area (Å²) < 4.78 is 31.5. The van der Waals surface area contributed by atoms with Crippen molar-refractivity contribution in [2.45, 2.75) is 33.1 Å². The van der Waals surface area contributed by atoms with E-state index in [1.54, 1.807) is 0 Å². The van der Waals surface area contributed by atoms with E-state index in [4.69, 9.17) is 9.90 Å². The van der Waals surface area contributed by atoms with Crippen LogP contribution in [0, 0.1) is 5.41 Å². The van der Waals surface area contributed by atoms with E-state index in [-0.39, 0.29) is 12.7 Å². The lowest BCUT2D eigenvalue weighted by Crippen LogP contribution is -3.13. The van der Waals surface area contributed by atoms with Crippen LogP contribution in [0.2, 0.25) is 0 Å². The first kappa shape index (κ1) is 17.7. The first-order chi connectivity index (χ1) is 8.28. The van der Waals surface area contributed by atoms with Gasteiger partial charge in [-0.05, 0) is 0 Å². The second kappa shape index (κ2) is 5.77. The van der Waals surface area contributed by atoms with Crippen molar-refractivity contribution < 1.29 is 34.2 Å². The molecule has 0 aromatic heterocycles. The normalized spacial score (nSPS) is 24.0. The quantitative estimate of drug-likeness (QED) is 0.605. The van der Waals surface area contributed by atoms with Gasteiger partial charge in [0.15, 0.2) is 12.7 Å². The molecule has 1 aliphatic rings. The number of quaternary nitrogens is 1. The Morgan fingerprint density at radius 2 is 1.79 bits per heavy atom. The third-order valence-corrected chi connectivity index (χ3v) is 2.73. The van der Waals surface area contributed by atoms with E-state index >= 15 is 0 Å². The Morgan fingerprint density at radius 1 is 1.42 bits per heavy atom. The molecule has 0 aromatic rings. The zero-order chi connectivity index (χ0) is 15.6. The lowest BCUT2D eigenvalue weighted by atomic mass is 9.91. The Balaban J connectivity index is 0. The van der Waals surface area contributed by atoms with E-state index in [0.29, 0.717) is 12.7 Å². The molecule has 1 fully saturated rings.